The molecule has 0 bridgehead atoms. The van der Waals surface area contributed by atoms with Crippen molar-refractivity contribution in [1.82, 2.24) is 14.7 Å². The third kappa shape index (κ3) is 5.11. The zero-order valence-electron chi connectivity index (χ0n) is 26.1. The molecular weight excluding hydrogens is 530 g/mol. The molecule has 1 aromatic carbocycles. The second kappa shape index (κ2) is 10.9. The van der Waals surface area contributed by atoms with Gasteiger partial charge >= 0.3 is 0 Å². The van der Waals surface area contributed by atoms with E-state index < -0.39 is 41.2 Å². The quantitative estimate of drug-likeness (QED) is 0.498. The van der Waals surface area contributed by atoms with Crippen LogP contribution in [0.5, 0.6) is 0 Å². The highest BCUT2D eigenvalue weighted by molar-refractivity contribution is 6.00. The molecule has 2 fully saturated rings. The first-order chi connectivity index (χ1) is 19.7. The van der Waals surface area contributed by atoms with E-state index in [4.69, 9.17) is 4.74 Å². The smallest absolute Gasteiger partial charge is 0.249 e. The van der Waals surface area contributed by atoms with Crippen LogP contribution in [0.4, 0.5) is 0 Å². The molecule has 1 N–H and O–H groups in total. The number of nitrogens with zero attached hydrogens (tertiary/aromatic N) is 3. The molecule has 0 aliphatic carbocycles. The molecule has 228 valence electrons. The fourth-order valence-electron chi connectivity index (χ4n) is 7.99. The van der Waals surface area contributed by atoms with Gasteiger partial charge in [0.05, 0.1) is 30.6 Å². The van der Waals surface area contributed by atoms with Crippen LogP contribution in [0.2, 0.25) is 0 Å². The van der Waals surface area contributed by atoms with E-state index in [1.54, 1.807) is 9.80 Å². The largest absolute Gasteiger partial charge is 0.394 e. The van der Waals surface area contributed by atoms with E-state index in [1.165, 1.54) is 0 Å². The van der Waals surface area contributed by atoms with Crippen molar-refractivity contribution in [1.29, 1.82) is 0 Å². The lowest BCUT2D eigenvalue weighted by molar-refractivity contribution is -0.156. The Morgan fingerprint density at radius 2 is 1.67 bits per heavy atom. The first-order valence-electron chi connectivity index (χ1n) is 15.3. The van der Waals surface area contributed by atoms with Gasteiger partial charge in [-0.25, -0.2) is 0 Å². The SMILES string of the molecule is CC(C)[C@H](CO)N1C(=O)[C@@H]2[C@@H]3C(=O)N(Cc4ccccc4)CC=C[C@@H]3O[C@@]23C=CCN(C(C)(C)CC(C)(C)C)C(=O)C13. The predicted octanol–water partition coefficient (Wildman–Crippen LogP) is 3.80. The molecule has 0 saturated carbocycles. The standard InChI is InChI=1S/C34H47N3O5/c1-22(2)24(20-38)37-28-31(41)36(33(6,7)21-32(3,4)5)18-12-16-34(28)27(30(37)40)26-25(42-34)15-11-17-35(29(26)39)19-23-13-9-8-10-14-23/h8-16,22,24-28,38H,17-21H2,1-7H3/t24-,25-,26+,27-,28?,34-/m0/s1. The van der Waals surface area contributed by atoms with Crippen LogP contribution in [0.1, 0.15) is 60.5 Å². The van der Waals surface area contributed by atoms with E-state index in [0.717, 1.165) is 12.0 Å². The Morgan fingerprint density at radius 1 is 0.976 bits per heavy atom. The molecule has 0 radical (unpaired) electrons. The van der Waals surface area contributed by atoms with Crippen LogP contribution in [0, 0.1) is 23.2 Å². The number of carbonyl (C=O) groups is 3. The van der Waals surface area contributed by atoms with Crippen LogP contribution >= 0.6 is 0 Å². The molecule has 0 aromatic heterocycles. The topological polar surface area (TPSA) is 90.4 Å². The van der Waals surface area contributed by atoms with Gasteiger partial charge in [0, 0.05) is 25.2 Å². The lowest BCUT2D eigenvalue weighted by Gasteiger charge is -2.45. The maximum Gasteiger partial charge on any atom is 0.249 e. The van der Waals surface area contributed by atoms with E-state index in [1.807, 2.05) is 73.4 Å². The monoisotopic (exact) mass is 577 g/mol. The zero-order chi connectivity index (χ0) is 30.6. The van der Waals surface area contributed by atoms with Crippen molar-refractivity contribution in [2.75, 3.05) is 19.7 Å². The molecule has 1 unspecified atom stereocenters. The molecular formula is C34H47N3O5. The Labute approximate surface area is 250 Å². The Hall–Kier alpha value is -2.97. The summed E-state index contributed by atoms with van der Waals surface area (Å²) in [7, 11) is 0. The first-order valence-corrected chi connectivity index (χ1v) is 15.3. The average Bonchev–Trinajstić information content (AvgIpc) is 3.21. The summed E-state index contributed by atoms with van der Waals surface area (Å²) in [6, 6.07) is 8.23. The van der Waals surface area contributed by atoms with E-state index in [0.29, 0.717) is 19.6 Å². The normalized spacial score (nSPS) is 30.4. The van der Waals surface area contributed by atoms with Crippen LogP contribution in [-0.4, -0.2) is 86.6 Å². The van der Waals surface area contributed by atoms with Crippen molar-refractivity contribution < 1.29 is 24.2 Å². The Balaban J connectivity index is 1.59. The molecule has 4 aliphatic heterocycles. The molecule has 8 nitrogen and oxygen atoms in total. The van der Waals surface area contributed by atoms with E-state index in [2.05, 4.69) is 34.6 Å². The molecule has 3 amide bonds. The van der Waals surface area contributed by atoms with E-state index in [-0.39, 0.29) is 35.7 Å². The fraction of sp³-hybridized carbons (Fsp3) is 0.618. The van der Waals surface area contributed by atoms with Gasteiger partial charge in [-0.3, -0.25) is 14.4 Å². The fourth-order valence-corrected chi connectivity index (χ4v) is 7.99. The number of aliphatic hydroxyl groups is 1. The summed E-state index contributed by atoms with van der Waals surface area (Å²) < 4.78 is 6.80. The highest BCUT2D eigenvalue weighted by atomic mass is 16.5. The lowest BCUT2D eigenvalue weighted by atomic mass is 9.77. The third-order valence-electron chi connectivity index (χ3n) is 9.40. The van der Waals surface area contributed by atoms with Crippen LogP contribution in [0.3, 0.4) is 0 Å². The Bertz CT molecular complexity index is 1270. The van der Waals surface area contributed by atoms with Crippen molar-refractivity contribution >= 4 is 17.7 Å². The lowest BCUT2D eigenvalue weighted by Crippen LogP contribution is -2.62. The minimum absolute atomic E-state index is 0.0345. The van der Waals surface area contributed by atoms with E-state index >= 15 is 0 Å². The summed E-state index contributed by atoms with van der Waals surface area (Å²) in [5.41, 5.74) is -0.846. The molecule has 4 aliphatic rings. The number of hydrogen-bond acceptors (Lipinski definition) is 5. The number of likely N-dealkylation sites (tertiary alicyclic amines) is 1. The number of fused-ring (bicyclic) bond motifs is 2. The van der Waals surface area contributed by atoms with E-state index in [9.17, 15) is 19.5 Å². The Kier molecular flexibility index (Phi) is 7.94. The minimum atomic E-state index is -1.31. The van der Waals surface area contributed by atoms with Crippen molar-refractivity contribution in [2.24, 2.45) is 23.2 Å². The molecule has 4 heterocycles. The van der Waals surface area contributed by atoms with Crippen LogP contribution < -0.4 is 0 Å². The van der Waals surface area contributed by atoms with Crippen LogP contribution in [0.25, 0.3) is 0 Å². The summed E-state index contributed by atoms with van der Waals surface area (Å²) in [6.45, 7) is 15.4. The highest BCUT2D eigenvalue weighted by Crippen LogP contribution is 2.55. The molecule has 1 spiro atoms. The molecule has 5 rings (SSSR count). The van der Waals surface area contributed by atoms with Gasteiger partial charge in [0.1, 0.15) is 11.6 Å². The van der Waals surface area contributed by atoms with Crippen LogP contribution in [-0.2, 0) is 25.7 Å². The summed E-state index contributed by atoms with van der Waals surface area (Å²) in [6.07, 6.45) is 7.78. The number of carbonyl (C=O) groups excluding carboxylic acids is 3. The number of rotatable bonds is 7. The number of aliphatic hydroxyl groups excluding tert-OH is 1. The summed E-state index contributed by atoms with van der Waals surface area (Å²) in [4.78, 5) is 48.9. The van der Waals surface area contributed by atoms with Crippen LogP contribution in [0.15, 0.2) is 54.6 Å². The van der Waals surface area contributed by atoms with Crippen molar-refractivity contribution in [3.05, 3.63) is 60.2 Å². The van der Waals surface area contributed by atoms with Gasteiger partial charge in [-0.15, -0.1) is 0 Å². The number of ether oxygens (including phenoxy) is 1. The van der Waals surface area contributed by atoms with Gasteiger partial charge in [-0.05, 0) is 37.2 Å². The van der Waals surface area contributed by atoms with Gasteiger partial charge in [-0.1, -0.05) is 89.3 Å². The van der Waals surface area contributed by atoms with Crippen molar-refractivity contribution in [3.8, 4) is 0 Å². The average molecular weight is 578 g/mol. The van der Waals surface area contributed by atoms with Crippen molar-refractivity contribution in [3.63, 3.8) is 0 Å². The number of amides is 3. The summed E-state index contributed by atoms with van der Waals surface area (Å²) in [5, 5.41) is 10.5. The number of benzene rings is 1. The summed E-state index contributed by atoms with van der Waals surface area (Å²) >= 11 is 0. The van der Waals surface area contributed by atoms with Gasteiger partial charge in [0.15, 0.2) is 0 Å². The van der Waals surface area contributed by atoms with Crippen molar-refractivity contribution in [2.45, 2.75) is 90.8 Å². The number of hydrogen-bond donors (Lipinski definition) is 1. The predicted molar refractivity (Wildman–Crippen MR) is 161 cm³/mol. The highest BCUT2D eigenvalue weighted by Gasteiger charge is 2.73. The molecule has 1 aromatic rings. The molecule has 42 heavy (non-hydrogen) atoms. The first kappa shape index (κ1) is 30.5. The summed E-state index contributed by atoms with van der Waals surface area (Å²) in [5.74, 6) is -2.40. The third-order valence-corrected chi connectivity index (χ3v) is 9.40. The molecule has 8 heteroatoms. The second-order valence-corrected chi connectivity index (χ2v) is 14.6. The van der Waals surface area contributed by atoms with Gasteiger partial charge in [-0.2, -0.15) is 0 Å². The van der Waals surface area contributed by atoms with Gasteiger partial charge in [0.25, 0.3) is 0 Å². The second-order valence-electron chi connectivity index (χ2n) is 14.6. The maximum absolute atomic E-state index is 14.8. The maximum atomic E-state index is 14.8. The Morgan fingerprint density at radius 3 is 2.29 bits per heavy atom. The van der Waals surface area contributed by atoms with Gasteiger partial charge in [0.2, 0.25) is 17.7 Å². The minimum Gasteiger partial charge on any atom is -0.394 e. The zero-order valence-corrected chi connectivity index (χ0v) is 26.1. The van der Waals surface area contributed by atoms with Gasteiger partial charge < -0.3 is 24.5 Å². The molecule has 2 saturated heterocycles. The molecule has 6 atom stereocenters.